The first-order valence-corrected chi connectivity index (χ1v) is 14.1. The molecule has 37 heavy (non-hydrogen) atoms. The number of carbonyl (C=O) groups is 4. The molecule has 6 nitrogen and oxygen atoms in total. The number of carbonyl (C=O) groups excluding carboxylic acids is 4. The van der Waals surface area contributed by atoms with Crippen molar-refractivity contribution >= 4 is 23.5 Å². The lowest BCUT2D eigenvalue weighted by Gasteiger charge is -2.41. The van der Waals surface area contributed by atoms with Gasteiger partial charge in [-0.3, -0.25) is 19.2 Å². The number of ketones is 2. The van der Waals surface area contributed by atoms with Crippen molar-refractivity contribution in [2.45, 2.75) is 72.0 Å². The fourth-order valence-corrected chi connectivity index (χ4v) is 13.4. The maximum absolute atomic E-state index is 14.1. The van der Waals surface area contributed by atoms with Crippen molar-refractivity contribution in [3.05, 3.63) is 24.3 Å². The Bertz CT molecular complexity index is 1210. The lowest BCUT2D eigenvalue weighted by molar-refractivity contribution is -0.172. The molecular weight excluding hydrogens is 468 g/mol. The Morgan fingerprint density at radius 1 is 0.757 bits per heavy atom. The zero-order chi connectivity index (χ0) is 26.3. The molecule has 6 saturated carbocycles. The van der Waals surface area contributed by atoms with Gasteiger partial charge in [0.15, 0.2) is 22.8 Å². The van der Waals surface area contributed by atoms with E-state index in [1.54, 1.807) is 0 Å². The summed E-state index contributed by atoms with van der Waals surface area (Å²) in [6.07, 6.45) is 11.7. The van der Waals surface area contributed by atoms with E-state index < -0.39 is 23.1 Å². The number of hydrogen-bond donors (Lipinski definition) is 0. The van der Waals surface area contributed by atoms with Crippen LogP contribution in [0.2, 0.25) is 0 Å². The van der Waals surface area contributed by atoms with E-state index in [0.29, 0.717) is 11.8 Å². The van der Waals surface area contributed by atoms with Crippen LogP contribution >= 0.6 is 0 Å². The summed E-state index contributed by atoms with van der Waals surface area (Å²) in [7, 11) is 0. The van der Waals surface area contributed by atoms with Gasteiger partial charge in [-0.15, -0.1) is 0 Å². The zero-order valence-electron chi connectivity index (χ0n) is 22.5. The summed E-state index contributed by atoms with van der Waals surface area (Å²) < 4.78 is 11.9. The highest BCUT2D eigenvalue weighted by Crippen LogP contribution is 2.99. The molecule has 0 aromatic carbocycles. The third kappa shape index (κ3) is 1.85. The first kappa shape index (κ1) is 22.7. The molecule has 0 radical (unpaired) electrons. The highest BCUT2D eigenvalue weighted by Gasteiger charge is 3.01. The van der Waals surface area contributed by atoms with Gasteiger partial charge in [0.1, 0.15) is 0 Å². The highest BCUT2D eigenvalue weighted by atomic mass is 16.6. The molecule has 0 spiro atoms. The van der Waals surface area contributed by atoms with Crippen molar-refractivity contribution in [2.24, 2.45) is 69.0 Å². The summed E-state index contributed by atoms with van der Waals surface area (Å²) in [5.74, 6) is 0.0244. The minimum Gasteiger partial charge on any atom is -0.451 e. The maximum atomic E-state index is 14.1. The average molecular weight is 505 g/mol. The van der Waals surface area contributed by atoms with Crippen LogP contribution in [0.25, 0.3) is 0 Å². The monoisotopic (exact) mass is 504 g/mol. The van der Waals surface area contributed by atoms with E-state index in [-0.39, 0.29) is 68.7 Å². The molecule has 8 aliphatic carbocycles. The van der Waals surface area contributed by atoms with Crippen molar-refractivity contribution in [1.82, 2.24) is 0 Å². The molecule has 0 aromatic rings. The van der Waals surface area contributed by atoms with Gasteiger partial charge in [0, 0.05) is 37.5 Å². The topological polar surface area (TPSA) is 86.7 Å². The fraction of sp³-hybridized carbons (Fsp3) is 0.742. The number of Topliss-reactive ketones (excluding diaryl/α,β-unsaturated/α-hetero) is 2. The molecule has 14 unspecified atom stereocenters. The number of ether oxygens (including phenoxy) is 2. The molecule has 0 heterocycles. The molecule has 8 aliphatic rings. The van der Waals surface area contributed by atoms with Crippen LogP contribution in [-0.2, 0) is 28.7 Å². The van der Waals surface area contributed by atoms with E-state index in [9.17, 15) is 19.2 Å². The van der Waals surface area contributed by atoms with Gasteiger partial charge in [-0.2, -0.15) is 0 Å². The van der Waals surface area contributed by atoms with Gasteiger partial charge in [0.05, 0.1) is 0 Å². The van der Waals surface area contributed by atoms with Gasteiger partial charge in [0.2, 0.25) is 0 Å². The third-order valence-electron chi connectivity index (χ3n) is 13.8. The van der Waals surface area contributed by atoms with Gasteiger partial charge in [-0.1, -0.05) is 38.2 Å². The Balaban J connectivity index is 1.30. The number of hydrogen-bond acceptors (Lipinski definition) is 6. The quantitative estimate of drug-likeness (QED) is 0.424. The summed E-state index contributed by atoms with van der Waals surface area (Å²) in [6.45, 7) is 11.1. The fourth-order valence-electron chi connectivity index (χ4n) is 13.4. The Kier molecular flexibility index (Phi) is 3.59. The molecule has 0 amide bonds. The number of rotatable bonds is 4. The van der Waals surface area contributed by atoms with Crippen LogP contribution in [-0.4, -0.2) is 34.7 Å². The molecule has 14 atom stereocenters. The standard InChI is InChI=1S/C31H36O6/c1-14(32)36-28(5)20-16-9-7-11-18(16)26(3)22(24(28)34)30(20,26)13-31-21-17-10-8-12-19(17)27(31,4)23(31)25(35)29(21,6)37-15(2)33/h7-8,11-12,16-23H,9-10,13H2,1-6H3. The molecule has 0 N–H and O–H groups in total. The second-order valence-electron chi connectivity index (χ2n) is 14.5. The SMILES string of the molecule is CC(=O)OC1(C)C(=O)C2C3(C)C4C=CCC4C1C23CC12C3C4CC=CC4C1(C)C2C(=O)C3(C)OC(C)=O. The van der Waals surface area contributed by atoms with E-state index in [1.807, 2.05) is 13.8 Å². The molecule has 0 aromatic heterocycles. The van der Waals surface area contributed by atoms with Crippen molar-refractivity contribution in [3.8, 4) is 0 Å². The van der Waals surface area contributed by atoms with Crippen LogP contribution in [0.4, 0.5) is 0 Å². The highest BCUT2D eigenvalue weighted by molar-refractivity contribution is 6.02. The second kappa shape index (κ2) is 5.84. The smallest absolute Gasteiger partial charge is 0.303 e. The summed E-state index contributed by atoms with van der Waals surface area (Å²) in [4.78, 5) is 52.8. The molecule has 8 rings (SSSR count). The van der Waals surface area contributed by atoms with Crippen molar-refractivity contribution in [1.29, 1.82) is 0 Å². The van der Waals surface area contributed by atoms with Gasteiger partial charge >= 0.3 is 11.9 Å². The molecule has 0 bridgehead atoms. The Hall–Kier alpha value is -2.24. The molecular formula is C31H36O6. The predicted molar refractivity (Wildman–Crippen MR) is 131 cm³/mol. The van der Waals surface area contributed by atoms with Crippen molar-refractivity contribution in [2.75, 3.05) is 0 Å². The van der Waals surface area contributed by atoms with E-state index in [1.165, 1.54) is 13.8 Å². The average Bonchev–Trinajstić information content (AvgIpc) is 3.25. The molecule has 6 fully saturated rings. The first-order chi connectivity index (χ1) is 17.3. The van der Waals surface area contributed by atoms with Gasteiger partial charge in [-0.25, -0.2) is 0 Å². The Morgan fingerprint density at radius 3 is 1.49 bits per heavy atom. The molecule has 196 valence electrons. The second-order valence-corrected chi connectivity index (χ2v) is 14.5. The number of fused-ring (bicyclic) bond motifs is 8. The number of allylic oxidation sites excluding steroid dienone is 4. The van der Waals surface area contributed by atoms with Crippen LogP contribution in [0.15, 0.2) is 24.3 Å². The Labute approximate surface area is 217 Å². The van der Waals surface area contributed by atoms with Crippen LogP contribution < -0.4 is 0 Å². The largest absolute Gasteiger partial charge is 0.451 e. The lowest BCUT2D eigenvalue weighted by atomic mass is 9.66. The summed E-state index contributed by atoms with van der Waals surface area (Å²) in [6, 6.07) is 0. The molecule has 0 aliphatic heterocycles. The Morgan fingerprint density at radius 2 is 1.14 bits per heavy atom. The van der Waals surface area contributed by atoms with Crippen molar-refractivity contribution in [3.63, 3.8) is 0 Å². The van der Waals surface area contributed by atoms with Crippen LogP contribution in [0.3, 0.4) is 0 Å². The van der Waals surface area contributed by atoms with Gasteiger partial charge in [0.25, 0.3) is 0 Å². The minimum atomic E-state index is -1.12. The normalized spacial score (nSPS) is 61.9. The third-order valence-corrected chi connectivity index (χ3v) is 13.8. The first-order valence-electron chi connectivity index (χ1n) is 14.1. The summed E-state index contributed by atoms with van der Waals surface area (Å²) in [5.41, 5.74) is -3.21. The van der Waals surface area contributed by atoms with E-state index in [0.717, 1.165) is 19.3 Å². The van der Waals surface area contributed by atoms with Crippen LogP contribution in [0, 0.1) is 69.0 Å². The lowest BCUT2D eigenvalue weighted by Crippen LogP contribution is -2.49. The van der Waals surface area contributed by atoms with Crippen LogP contribution in [0.5, 0.6) is 0 Å². The molecule has 6 heteroatoms. The minimum absolute atomic E-state index is 0.0592. The van der Waals surface area contributed by atoms with Crippen molar-refractivity contribution < 1.29 is 28.7 Å². The summed E-state index contributed by atoms with van der Waals surface area (Å²) in [5, 5.41) is 0. The summed E-state index contributed by atoms with van der Waals surface area (Å²) >= 11 is 0. The predicted octanol–water partition coefficient (Wildman–Crippen LogP) is 4.07. The van der Waals surface area contributed by atoms with E-state index in [4.69, 9.17) is 9.47 Å². The van der Waals surface area contributed by atoms with Crippen LogP contribution in [0.1, 0.15) is 60.8 Å². The zero-order valence-corrected chi connectivity index (χ0v) is 22.5. The van der Waals surface area contributed by atoms with Gasteiger partial charge < -0.3 is 9.47 Å². The van der Waals surface area contributed by atoms with E-state index >= 15 is 0 Å². The maximum Gasteiger partial charge on any atom is 0.303 e. The number of esters is 2. The van der Waals surface area contributed by atoms with E-state index in [2.05, 4.69) is 38.2 Å². The molecule has 0 saturated heterocycles. The van der Waals surface area contributed by atoms with Gasteiger partial charge in [-0.05, 0) is 78.4 Å².